The molecule has 4 nitrogen and oxygen atoms in total. The Morgan fingerprint density at radius 3 is 2.42 bits per heavy atom. The van der Waals surface area contributed by atoms with Crippen LogP contribution in [-0.4, -0.2) is 40.4 Å². The van der Waals surface area contributed by atoms with Crippen LogP contribution in [0.3, 0.4) is 0 Å². The number of benzene rings is 1. The molecule has 6 heteroatoms. The maximum Gasteiger partial charge on any atom is 0.238 e. The summed E-state index contributed by atoms with van der Waals surface area (Å²) >= 11 is 7.71. The van der Waals surface area contributed by atoms with Gasteiger partial charge in [-0.15, -0.1) is 11.8 Å². The molecule has 24 heavy (non-hydrogen) atoms. The number of anilines is 1. The van der Waals surface area contributed by atoms with Crippen LogP contribution in [0.5, 0.6) is 0 Å². The fourth-order valence-corrected chi connectivity index (χ4v) is 5.33. The number of nitrogens with zero attached hydrogens (tertiary/aromatic N) is 2. The molecule has 0 radical (unpaired) electrons. The number of thioether (sulfide) groups is 1. The van der Waals surface area contributed by atoms with Gasteiger partial charge >= 0.3 is 0 Å². The molecule has 1 aromatic rings. The average molecular weight is 365 g/mol. The summed E-state index contributed by atoms with van der Waals surface area (Å²) in [6.07, 6.45) is 4.95. The molecule has 3 aliphatic rings. The van der Waals surface area contributed by atoms with E-state index in [2.05, 4.69) is 0 Å². The van der Waals surface area contributed by atoms with Crippen LogP contribution < -0.4 is 4.90 Å². The Hall–Kier alpha value is -1.20. The van der Waals surface area contributed by atoms with Crippen molar-refractivity contribution in [2.24, 2.45) is 5.92 Å². The molecule has 1 spiro atoms. The molecule has 1 aromatic carbocycles. The quantitative estimate of drug-likeness (QED) is 0.805. The Labute approximate surface area is 151 Å². The van der Waals surface area contributed by atoms with Gasteiger partial charge in [0.15, 0.2) is 0 Å². The van der Waals surface area contributed by atoms with Crippen molar-refractivity contribution in [1.29, 1.82) is 0 Å². The van der Waals surface area contributed by atoms with E-state index in [9.17, 15) is 9.59 Å². The third-order valence-corrected chi connectivity index (χ3v) is 7.29. The van der Waals surface area contributed by atoms with E-state index >= 15 is 0 Å². The first-order chi connectivity index (χ1) is 11.6. The largest absolute Gasteiger partial charge is 0.342 e. The molecule has 3 fully saturated rings. The van der Waals surface area contributed by atoms with Crippen LogP contribution in [0, 0.1) is 5.92 Å². The van der Waals surface area contributed by atoms with Crippen LogP contribution in [0.2, 0.25) is 5.02 Å². The van der Waals surface area contributed by atoms with Crippen LogP contribution in [-0.2, 0) is 9.59 Å². The lowest BCUT2D eigenvalue weighted by atomic mass is 9.84. The molecular weight excluding hydrogens is 344 g/mol. The second-order valence-electron chi connectivity index (χ2n) is 6.89. The van der Waals surface area contributed by atoms with Crippen molar-refractivity contribution >= 4 is 40.9 Å². The number of hydrogen-bond donors (Lipinski definition) is 0. The van der Waals surface area contributed by atoms with Gasteiger partial charge in [0.2, 0.25) is 11.8 Å². The number of amides is 2. The van der Waals surface area contributed by atoms with Crippen molar-refractivity contribution in [3.8, 4) is 0 Å². The highest BCUT2D eigenvalue weighted by atomic mass is 35.5. The zero-order valence-electron chi connectivity index (χ0n) is 13.5. The topological polar surface area (TPSA) is 40.6 Å². The predicted octanol–water partition coefficient (Wildman–Crippen LogP) is 3.54. The van der Waals surface area contributed by atoms with Crippen LogP contribution in [0.25, 0.3) is 0 Å². The zero-order chi connectivity index (χ0) is 16.7. The van der Waals surface area contributed by atoms with Crippen molar-refractivity contribution in [3.05, 3.63) is 29.3 Å². The number of carbonyl (C=O) groups excluding carboxylic acids is 2. The van der Waals surface area contributed by atoms with Crippen molar-refractivity contribution < 1.29 is 9.59 Å². The zero-order valence-corrected chi connectivity index (χ0v) is 15.1. The highest BCUT2D eigenvalue weighted by Crippen LogP contribution is 2.47. The fourth-order valence-electron chi connectivity index (χ4n) is 3.88. The van der Waals surface area contributed by atoms with Gasteiger partial charge in [-0.2, -0.15) is 0 Å². The SMILES string of the molecule is O=C(C1CCC1)N1CCC2(CC1)SCC(=O)N2c1ccc(Cl)cc1. The monoisotopic (exact) mass is 364 g/mol. The minimum absolute atomic E-state index is 0.154. The van der Waals surface area contributed by atoms with Crippen LogP contribution in [0.15, 0.2) is 24.3 Å². The van der Waals surface area contributed by atoms with Gasteiger partial charge in [0, 0.05) is 29.7 Å². The Morgan fingerprint density at radius 1 is 1.17 bits per heavy atom. The van der Waals surface area contributed by atoms with Crippen LogP contribution >= 0.6 is 23.4 Å². The highest BCUT2D eigenvalue weighted by molar-refractivity contribution is 8.02. The van der Waals surface area contributed by atoms with Gasteiger partial charge in [-0.05, 0) is 49.9 Å². The summed E-state index contributed by atoms with van der Waals surface area (Å²) in [7, 11) is 0. The molecule has 0 N–H and O–H groups in total. The molecule has 1 saturated carbocycles. The molecule has 4 rings (SSSR count). The molecule has 0 atom stereocenters. The van der Waals surface area contributed by atoms with Gasteiger partial charge < -0.3 is 4.90 Å². The normalized spacial score (nSPS) is 23.6. The Morgan fingerprint density at radius 2 is 1.83 bits per heavy atom. The van der Waals surface area contributed by atoms with E-state index in [-0.39, 0.29) is 16.7 Å². The number of hydrogen-bond acceptors (Lipinski definition) is 3. The number of rotatable bonds is 2. The van der Waals surface area contributed by atoms with Gasteiger partial charge in [-0.3, -0.25) is 14.5 Å². The maximum absolute atomic E-state index is 12.5. The molecule has 2 saturated heterocycles. The summed E-state index contributed by atoms with van der Waals surface area (Å²) in [5.74, 6) is 1.24. The van der Waals surface area contributed by atoms with Crippen molar-refractivity contribution in [1.82, 2.24) is 4.90 Å². The summed E-state index contributed by atoms with van der Waals surface area (Å²) in [6, 6.07) is 7.49. The van der Waals surface area contributed by atoms with Gasteiger partial charge in [0.25, 0.3) is 0 Å². The Balaban J connectivity index is 1.51. The van der Waals surface area contributed by atoms with E-state index in [1.165, 1.54) is 6.42 Å². The minimum Gasteiger partial charge on any atom is -0.342 e. The van der Waals surface area contributed by atoms with Crippen LogP contribution in [0.1, 0.15) is 32.1 Å². The lowest BCUT2D eigenvalue weighted by molar-refractivity contribution is -0.139. The van der Waals surface area contributed by atoms with E-state index in [0.29, 0.717) is 16.7 Å². The van der Waals surface area contributed by atoms with E-state index in [1.807, 2.05) is 34.1 Å². The number of halogens is 1. The van der Waals surface area contributed by atoms with E-state index in [1.54, 1.807) is 11.8 Å². The third-order valence-electron chi connectivity index (χ3n) is 5.52. The van der Waals surface area contributed by atoms with Gasteiger partial charge in [0.1, 0.15) is 0 Å². The average Bonchev–Trinajstić information content (AvgIpc) is 2.84. The first kappa shape index (κ1) is 16.3. The van der Waals surface area contributed by atoms with Crippen molar-refractivity contribution in [2.75, 3.05) is 23.7 Å². The second-order valence-corrected chi connectivity index (χ2v) is 8.67. The molecule has 1 aliphatic carbocycles. The summed E-state index contributed by atoms with van der Waals surface area (Å²) in [5, 5.41) is 0.674. The summed E-state index contributed by atoms with van der Waals surface area (Å²) in [6.45, 7) is 1.50. The molecule has 2 amide bonds. The summed E-state index contributed by atoms with van der Waals surface area (Å²) in [4.78, 5) is 28.7. The van der Waals surface area contributed by atoms with E-state index in [0.717, 1.165) is 44.5 Å². The Bertz CT molecular complexity index is 651. The molecule has 2 aliphatic heterocycles. The molecule has 0 unspecified atom stereocenters. The summed E-state index contributed by atoms with van der Waals surface area (Å²) in [5.41, 5.74) is 0.910. The number of carbonyl (C=O) groups is 2. The predicted molar refractivity (Wildman–Crippen MR) is 97.3 cm³/mol. The Kier molecular flexibility index (Phi) is 4.25. The molecule has 0 aromatic heterocycles. The molecule has 128 valence electrons. The lowest BCUT2D eigenvalue weighted by Crippen LogP contribution is -2.54. The first-order valence-corrected chi connectivity index (χ1v) is 9.97. The first-order valence-electron chi connectivity index (χ1n) is 8.60. The molecule has 2 heterocycles. The van der Waals surface area contributed by atoms with Crippen molar-refractivity contribution in [2.45, 2.75) is 37.0 Å². The number of likely N-dealkylation sites (tertiary alicyclic amines) is 1. The van der Waals surface area contributed by atoms with Crippen molar-refractivity contribution in [3.63, 3.8) is 0 Å². The van der Waals surface area contributed by atoms with Gasteiger partial charge in [-0.25, -0.2) is 0 Å². The van der Waals surface area contributed by atoms with E-state index < -0.39 is 0 Å². The fraction of sp³-hybridized carbons (Fsp3) is 0.556. The maximum atomic E-state index is 12.5. The standard InChI is InChI=1S/C18H21ClN2O2S/c19-14-4-6-15(7-5-14)21-16(22)12-24-18(21)8-10-20(11-9-18)17(23)13-2-1-3-13/h4-7,13H,1-3,8-12H2. The summed E-state index contributed by atoms with van der Waals surface area (Å²) < 4.78 is 0. The van der Waals surface area contributed by atoms with E-state index in [4.69, 9.17) is 11.6 Å². The number of piperidine rings is 1. The molecule has 0 bridgehead atoms. The van der Waals surface area contributed by atoms with Gasteiger partial charge in [0.05, 0.1) is 10.6 Å². The molecular formula is C18H21ClN2O2S. The smallest absolute Gasteiger partial charge is 0.238 e. The lowest BCUT2D eigenvalue weighted by Gasteiger charge is -2.45. The van der Waals surface area contributed by atoms with Gasteiger partial charge in [-0.1, -0.05) is 18.0 Å². The third kappa shape index (κ3) is 2.72. The minimum atomic E-state index is -0.207. The second kappa shape index (κ2) is 6.26. The highest BCUT2D eigenvalue weighted by Gasteiger charge is 2.49. The van der Waals surface area contributed by atoms with Crippen LogP contribution in [0.4, 0.5) is 5.69 Å².